The average molecular weight is 388 g/mol. The molecule has 2 aliphatic rings. The van der Waals surface area contributed by atoms with E-state index in [0.29, 0.717) is 30.8 Å². The second-order valence-corrected chi connectivity index (χ2v) is 9.48. The molecule has 0 unspecified atom stereocenters. The number of rotatable bonds is 3. The second-order valence-electron chi connectivity index (χ2n) is 7.29. The van der Waals surface area contributed by atoms with Gasteiger partial charge < -0.3 is 4.90 Å². The van der Waals surface area contributed by atoms with Crippen molar-refractivity contribution in [3.05, 3.63) is 52.8 Å². The minimum absolute atomic E-state index is 0.0782. The Hall–Kier alpha value is -2.19. The smallest absolute Gasteiger partial charge is 0.274 e. The van der Waals surface area contributed by atoms with Crippen LogP contribution in [0.25, 0.3) is 0 Å². The summed E-state index contributed by atoms with van der Waals surface area (Å²) in [5.74, 6) is -0.0976. The molecule has 144 valence electrons. The lowest BCUT2D eigenvalue weighted by Gasteiger charge is -2.34. The number of hydrogen-bond acceptors (Lipinski definition) is 5. The lowest BCUT2D eigenvalue weighted by Crippen LogP contribution is -2.48. The Labute approximate surface area is 159 Å². The highest BCUT2D eigenvalue weighted by Crippen LogP contribution is 2.25. The Morgan fingerprint density at radius 1 is 1.11 bits per heavy atom. The molecule has 3 heterocycles. The van der Waals surface area contributed by atoms with Crippen LogP contribution < -0.4 is 0 Å². The number of nitrogens with zero attached hydrogens (tertiary/aromatic N) is 4. The third kappa shape index (κ3) is 3.77. The molecule has 0 radical (unpaired) electrons. The number of fused-ring (bicyclic) bond motifs is 1. The molecule has 1 aromatic heterocycles. The number of amides is 1. The van der Waals surface area contributed by atoms with Crippen molar-refractivity contribution in [2.24, 2.45) is 7.05 Å². The number of sulfone groups is 1. The number of aromatic nitrogens is 2. The molecule has 1 amide bonds. The van der Waals surface area contributed by atoms with E-state index in [0.717, 1.165) is 25.3 Å². The number of benzene rings is 1. The molecule has 2 aromatic rings. The summed E-state index contributed by atoms with van der Waals surface area (Å²) in [6.45, 7) is 3.73. The van der Waals surface area contributed by atoms with E-state index in [2.05, 4.69) is 22.1 Å². The van der Waals surface area contributed by atoms with Gasteiger partial charge in [0.25, 0.3) is 5.91 Å². The fourth-order valence-electron chi connectivity index (χ4n) is 3.88. The fourth-order valence-corrected chi connectivity index (χ4v) is 5.28. The Morgan fingerprint density at radius 3 is 2.52 bits per heavy atom. The molecule has 1 saturated heterocycles. The van der Waals surface area contributed by atoms with E-state index < -0.39 is 9.84 Å². The normalized spacial score (nSPS) is 19.7. The van der Waals surface area contributed by atoms with Crippen LogP contribution in [0.15, 0.2) is 30.3 Å². The third-order valence-corrected chi connectivity index (χ3v) is 6.95. The Balaban J connectivity index is 1.45. The number of hydrogen-bond donors (Lipinski definition) is 0. The molecule has 0 atom stereocenters. The molecule has 0 spiro atoms. The number of aryl methyl sites for hydroxylation is 1. The van der Waals surface area contributed by atoms with Gasteiger partial charge in [-0.15, -0.1) is 0 Å². The van der Waals surface area contributed by atoms with Crippen molar-refractivity contribution in [3.63, 3.8) is 0 Å². The summed E-state index contributed by atoms with van der Waals surface area (Å²) < 4.78 is 25.7. The molecule has 8 heteroatoms. The zero-order valence-electron chi connectivity index (χ0n) is 15.5. The van der Waals surface area contributed by atoms with E-state index in [1.807, 2.05) is 18.2 Å². The number of carbonyl (C=O) groups excluding carboxylic acids is 1. The average Bonchev–Trinajstić information content (AvgIpc) is 2.97. The van der Waals surface area contributed by atoms with E-state index in [9.17, 15) is 13.2 Å². The van der Waals surface area contributed by atoms with Gasteiger partial charge in [0.05, 0.1) is 11.5 Å². The molecule has 2 aliphatic heterocycles. The molecule has 0 aliphatic carbocycles. The van der Waals surface area contributed by atoms with Crippen molar-refractivity contribution < 1.29 is 13.2 Å². The Morgan fingerprint density at radius 2 is 1.81 bits per heavy atom. The van der Waals surface area contributed by atoms with Gasteiger partial charge in [0, 0.05) is 57.4 Å². The van der Waals surface area contributed by atoms with Gasteiger partial charge in [-0.2, -0.15) is 5.10 Å². The maximum absolute atomic E-state index is 13.0. The lowest BCUT2D eigenvalue weighted by molar-refractivity contribution is 0.0621. The first-order valence-corrected chi connectivity index (χ1v) is 11.1. The van der Waals surface area contributed by atoms with Crippen LogP contribution in [-0.2, 0) is 35.6 Å². The zero-order valence-corrected chi connectivity index (χ0v) is 16.3. The van der Waals surface area contributed by atoms with Crippen LogP contribution in [0, 0.1) is 0 Å². The van der Waals surface area contributed by atoms with Crippen LogP contribution in [0.5, 0.6) is 0 Å². The third-order valence-electron chi connectivity index (χ3n) is 5.40. The Kier molecular flexibility index (Phi) is 4.77. The molecule has 0 N–H and O–H groups in total. The standard InChI is InChI=1S/C19H24N4O3S/c1-21-17-7-12-27(25,26)14-16(17)18(20-21)19(24)23-10-8-22(9-11-23)13-15-5-3-2-4-6-15/h2-6H,7-14H2,1H3. The van der Waals surface area contributed by atoms with E-state index in [1.165, 1.54) is 5.56 Å². The van der Waals surface area contributed by atoms with Gasteiger partial charge in [-0.3, -0.25) is 14.4 Å². The van der Waals surface area contributed by atoms with Crippen molar-refractivity contribution in [2.75, 3.05) is 31.9 Å². The van der Waals surface area contributed by atoms with Crippen LogP contribution in [0.4, 0.5) is 0 Å². The van der Waals surface area contributed by atoms with Gasteiger partial charge in [-0.1, -0.05) is 30.3 Å². The molecule has 1 aromatic carbocycles. The summed E-state index contributed by atoms with van der Waals surface area (Å²) in [6.07, 6.45) is 0.430. The predicted molar refractivity (Wildman–Crippen MR) is 102 cm³/mol. The van der Waals surface area contributed by atoms with Gasteiger partial charge >= 0.3 is 0 Å². The van der Waals surface area contributed by atoms with Crippen molar-refractivity contribution in [1.29, 1.82) is 0 Å². The molecule has 7 nitrogen and oxygen atoms in total. The summed E-state index contributed by atoms with van der Waals surface area (Å²) in [6, 6.07) is 10.3. The molecule has 0 bridgehead atoms. The second kappa shape index (κ2) is 7.09. The topological polar surface area (TPSA) is 75.5 Å². The highest BCUT2D eigenvalue weighted by atomic mass is 32.2. The first-order valence-electron chi connectivity index (χ1n) is 9.24. The zero-order chi connectivity index (χ0) is 19.0. The van der Waals surface area contributed by atoms with E-state index >= 15 is 0 Å². The van der Waals surface area contributed by atoms with Crippen LogP contribution in [0.3, 0.4) is 0 Å². The molecule has 27 heavy (non-hydrogen) atoms. The maximum atomic E-state index is 13.0. The molecular formula is C19H24N4O3S. The minimum Gasteiger partial charge on any atom is -0.335 e. The Bertz CT molecular complexity index is 945. The van der Waals surface area contributed by atoms with Gasteiger partial charge in [0.15, 0.2) is 15.5 Å². The molecule has 4 rings (SSSR count). The predicted octanol–water partition coefficient (Wildman–Crippen LogP) is 0.849. The van der Waals surface area contributed by atoms with Gasteiger partial charge in [-0.05, 0) is 5.56 Å². The lowest BCUT2D eigenvalue weighted by atomic mass is 10.1. The number of piperazine rings is 1. The van der Waals surface area contributed by atoms with E-state index in [4.69, 9.17) is 0 Å². The highest BCUT2D eigenvalue weighted by Gasteiger charge is 2.33. The summed E-state index contributed by atoms with van der Waals surface area (Å²) in [5.41, 5.74) is 3.05. The highest BCUT2D eigenvalue weighted by molar-refractivity contribution is 7.90. The van der Waals surface area contributed by atoms with E-state index in [1.54, 1.807) is 16.6 Å². The maximum Gasteiger partial charge on any atom is 0.274 e. The SMILES string of the molecule is Cn1nc(C(=O)N2CCN(Cc3ccccc3)CC2)c2c1CCS(=O)(=O)C2. The van der Waals surface area contributed by atoms with Crippen molar-refractivity contribution in [1.82, 2.24) is 19.6 Å². The van der Waals surface area contributed by atoms with E-state index in [-0.39, 0.29) is 17.4 Å². The first-order chi connectivity index (χ1) is 12.9. The quantitative estimate of drug-likeness (QED) is 0.779. The molecule has 0 saturated carbocycles. The first kappa shape index (κ1) is 18.2. The van der Waals surface area contributed by atoms with Crippen LogP contribution in [-0.4, -0.2) is 65.8 Å². The van der Waals surface area contributed by atoms with Crippen molar-refractivity contribution in [3.8, 4) is 0 Å². The van der Waals surface area contributed by atoms with Crippen LogP contribution >= 0.6 is 0 Å². The van der Waals surface area contributed by atoms with Crippen molar-refractivity contribution >= 4 is 15.7 Å². The van der Waals surface area contributed by atoms with Crippen molar-refractivity contribution in [2.45, 2.75) is 18.7 Å². The number of carbonyl (C=O) groups is 1. The largest absolute Gasteiger partial charge is 0.335 e. The monoisotopic (exact) mass is 388 g/mol. The van der Waals surface area contributed by atoms with Gasteiger partial charge in [0.1, 0.15) is 0 Å². The summed E-state index contributed by atoms with van der Waals surface area (Å²) in [5, 5.41) is 4.37. The fraction of sp³-hybridized carbons (Fsp3) is 0.474. The van der Waals surface area contributed by atoms with Gasteiger partial charge in [0.2, 0.25) is 0 Å². The van der Waals surface area contributed by atoms with Crippen LogP contribution in [0.1, 0.15) is 27.3 Å². The minimum atomic E-state index is -3.15. The van der Waals surface area contributed by atoms with Crippen LogP contribution in [0.2, 0.25) is 0 Å². The molecule has 1 fully saturated rings. The van der Waals surface area contributed by atoms with Gasteiger partial charge in [-0.25, -0.2) is 8.42 Å². The molecular weight excluding hydrogens is 364 g/mol. The summed E-state index contributed by atoms with van der Waals surface area (Å²) in [7, 11) is -1.36. The summed E-state index contributed by atoms with van der Waals surface area (Å²) in [4.78, 5) is 17.1. The summed E-state index contributed by atoms with van der Waals surface area (Å²) >= 11 is 0.